The first kappa shape index (κ1) is 30.5. The van der Waals surface area contributed by atoms with Gasteiger partial charge >= 0.3 is 12.4 Å². The summed E-state index contributed by atoms with van der Waals surface area (Å²) in [5, 5.41) is 38.8. The van der Waals surface area contributed by atoms with E-state index in [0.717, 1.165) is 24.3 Å². The minimum Gasteiger partial charge on any atom is -0.497 e. The molecule has 3 rings (SSSR count). The number of amides is 4. The number of hydrogen-bond acceptors (Lipinski definition) is 8. The fraction of sp³-hybridized carbons (Fsp3) is 0.400. The highest BCUT2D eigenvalue weighted by molar-refractivity contribution is 5.92. The third-order valence-electron chi connectivity index (χ3n) is 6.24. The Kier molecular flexibility index (Phi) is 9.44. The van der Waals surface area contributed by atoms with Crippen LogP contribution in [0.25, 0.3) is 0 Å². The summed E-state index contributed by atoms with van der Waals surface area (Å²) in [6.45, 7) is 0. The standard InChI is InChI=1S/C25H29F3N4O8/c1-39-15-6-2-13(3-7-15)10-17(21(29)35)31-22(36)24(38)11-18(20(34)19(33)12-24)32-23(37)30-14-4-8-16(9-5-14)40-25(26,27)28/h2-9,17-20,33-34,38H,10-12H2,1H3,(H2,29,35)(H,31,36)(H2,30,32,37)/t17-,18-,19+,20+,24-/m0/s1. The number of urea groups is 1. The quantitative estimate of drug-likeness (QED) is 0.227. The molecule has 0 radical (unpaired) electrons. The molecule has 0 unspecified atom stereocenters. The first-order chi connectivity index (χ1) is 18.7. The number of aliphatic hydroxyl groups excluding tert-OH is 2. The van der Waals surface area contributed by atoms with Gasteiger partial charge in [0.15, 0.2) is 0 Å². The first-order valence-electron chi connectivity index (χ1n) is 11.9. The maximum absolute atomic E-state index is 13.0. The smallest absolute Gasteiger partial charge is 0.497 e. The molecule has 4 amide bonds. The lowest BCUT2D eigenvalue weighted by Gasteiger charge is -2.41. The van der Waals surface area contributed by atoms with Gasteiger partial charge in [-0.25, -0.2) is 4.79 Å². The fourth-order valence-electron chi connectivity index (χ4n) is 4.21. The van der Waals surface area contributed by atoms with Gasteiger partial charge < -0.3 is 46.5 Å². The summed E-state index contributed by atoms with van der Waals surface area (Å²) in [6, 6.07) is 7.29. The molecule has 0 heterocycles. The van der Waals surface area contributed by atoms with Crippen molar-refractivity contribution in [1.82, 2.24) is 10.6 Å². The van der Waals surface area contributed by atoms with Crippen molar-refractivity contribution >= 4 is 23.5 Å². The molecule has 40 heavy (non-hydrogen) atoms. The van der Waals surface area contributed by atoms with Crippen LogP contribution in [0, 0.1) is 0 Å². The van der Waals surface area contributed by atoms with E-state index in [1.54, 1.807) is 24.3 Å². The Hall–Kier alpha value is -4.08. The number of alkyl halides is 3. The van der Waals surface area contributed by atoms with Gasteiger partial charge in [-0.2, -0.15) is 0 Å². The predicted molar refractivity (Wildman–Crippen MR) is 133 cm³/mol. The van der Waals surface area contributed by atoms with Gasteiger partial charge in [0.25, 0.3) is 5.91 Å². The summed E-state index contributed by atoms with van der Waals surface area (Å²) >= 11 is 0. The Bertz CT molecular complexity index is 1200. The monoisotopic (exact) mass is 570 g/mol. The number of nitrogens with two attached hydrogens (primary N) is 1. The molecule has 1 saturated carbocycles. The van der Waals surface area contributed by atoms with Crippen LogP contribution < -0.4 is 31.2 Å². The summed E-state index contributed by atoms with van der Waals surface area (Å²) in [6.07, 6.45) is -9.26. The summed E-state index contributed by atoms with van der Waals surface area (Å²) in [4.78, 5) is 37.5. The van der Waals surface area contributed by atoms with Crippen molar-refractivity contribution in [1.29, 1.82) is 0 Å². The molecule has 0 saturated heterocycles. The van der Waals surface area contributed by atoms with E-state index in [4.69, 9.17) is 10.5 Å². The van der Waals surface area contributed by atoms with Crippen molar-refractivity contribution in [2.24, 2.45) is 5.73 Å². The summed E-state index contributed by atoms with van der Waals surface area (Å²) in [7, 11) is 1.48. The molecule has 2 aromatic carbocycles. The maximum atomic E-state index is 13.0. The second-order valence-electron chi connectivity index (χ2n) is 9.26. The zero-order chi connectivity index (χ0) is 29.7. The lowest BCUT2D eigenvalue weighted by molar-refractivity contribution is -0.274. The van der Waals surface area contributed by atoms with Crippen molar-refractivity contribution in [2.75, 3.05) is 12.4 Å². The number of carbonyl (C=O) groups excluding carboxylic acids is 3. The molecule has 0 spiro atoms. The number of nitrogens with one attached hydrogen (secondary N) is 3. The fourth-order valence-corrected chi connectivity index (χ4v) is 4.21. The molecule has 1 aliphatic rings. The molecule has 0 aromatic heterocycles. The molecule has 218 valence electrons. The lowest BCUT2D eigenvalue weighted by atomic mass is 9.77. The number of aliphatic hydroxyl groups is 3. The largest absolute Gasteiger partial charge is 0.573 e. The second kappa shape index (κ2) is 12.4. The van der Waals surface area contributed by atoms with Crippen LogP contribution in [-0.2, 0) is 16.0 Å². The number of primary amides is 1. The topological polar surface area (TPSA) is 192 Å². The van der Waals surface area contributed by atoms with Gasteiger partial charge in [0.05, 0.1) is 19.3 Å². The van der Waals surface area contributed by atoms with Crippen LogP contribution in [0.1, 0.15) is 18.4 Å². The van der Waals surface area contributed by atoms with Gasteiger partial charge in [-0.1, -0.05) is 12.1 Å². The average Bonchev–Trinajstić information content (AvgIpc) is 2.87. The molecular formula is C25H29F3N4O8. The summed E-state index contributed by atoms with van der Waals surface area (Å²) in [5.74, 6) is -1.88. The predicted octanol–water partition coefficient (Wildman–Crippen LogP) is 0.543. The zero-order valence-corrected chi connectivity index (χ0v) is 21.1. The van der Waals surface area contributed by atoms with Crippen molar-refractivity contribution in [3.63, 3.8) is 0 Å². The number of halogens is 3. The number of methoxy groups -OCH3 is 1. The number of rotatable bonds is 9. The Balaban J connectivity index is 1.64. The van der Waals surface area contributed by atoms with Crippen LogP contribution in [-0.4, -0.2) is 76.5 Å². The molecule has 1 fully saturated rings. The highest BCUT2D eigenvalue weighted by atomic mass is 19.4. The third kappa shape index (κ3) is 8.21. The van der Waals surface area contributed by atoms with E-state index in [2.05, 4.69) is 20.7 Å². The maximum Gasteiger partial charge on any atom is 0.573 e. The van der Waals surface area contributed by atoms with Crippen molar-refractivity contribution in [2.45, 2.75) is 55.5 Å². The van der Waals surface area contributed by atoms with Gasteiger partial charge in [0.2, 0.25) is 5.91 Å². The molecule has 0 aliphatic heterocycles. The second-order valence-corrected chi connectivity index (χ2v) is 9.26. The highest BCUT2D eigenvalue weighted by Gasteiger charge is 2.49. The minimum atomic E-state index is -4.89. The van der Waals surface area contributed by atoms with E-state index in [1.807, 2.05) is 0 Å². The Morgan fingerprint density at radius 3 is 2.20 bits per heavy atom. The van der Waals surface area contributed by atoms with Crippen LogP contribution >= 0.6 is 0 Å². The molecular weight excluding hydrogens is 541 g/mol. The Morgan fingerprint density at radius 1 is 1.05 bits per heavy atom. The molecule has 8 N–H and O–H groups in total. The third-order valence-corrected chi connectivity index (χ3v) is 6.24. The number of ether oxygens (including phenoxy) is 2. The minimum absolute atomic E-state index is 0.0107. The van der Waals surface area contributed by atoms with Gasteiger partial charge in [-0.15, -0.1) is 13.2 Å². The lowest BCUT2D eigenvalue weighted by Crippen LogP contribution is -2.64. The van der Waals surface area contributed by atoms with Gasteiger partial charge in [0.1, 0.15) is 29.2 Å². The summed E-state index contributed by atoms with van der Waals surface area (Å²) in [5.41, 5.74) is 3.83. The normalized spacial score (nSPS) is 23.4. The van der Waals surface area contributed by atoms with E-state index in [9.17, 15) is 42.9 Å². The van der Waals surface area contributed by atoms with Crippen molar-refractivity contribution in [3.05, 3.63) is 54.1 Å². The summed E-state index contributed by atoms with van der Waals surface area (Å²) < 4.78 is 45.8. The van der Waals surface area contributed by atoms with Crippen molar-refractivity contribution < 1.29 is 52.3 Å². The molecule has 5 atom stereocenters. The van der Waals surface area contributed by atoms with Gasteiger partial charge in [-0.05, 0) is 42.0 Å². The molecule has 2 aromatic rings. The Morgan fingerprint density at radius 2 is 1.65 bits per heavy atom. The molecule has 1 aliphatic carbocycles. The average molecular weight is 571 g/mol. The highest BCUT2D eigenvalue weighted by Crippen LogP contribution is 2.30. The number of hydrogen-bond donors (Lipinski definition) is 7. The van der Waals surface area contributed by atoms with Crippen LogP contribution in [0.5, 0.6) is 11.5 Å². The molecule has 0 bridgehead atoms. The Labute approximate surface area is 226 Å². The van der Waals surface area contributed by atoms with E-state index < -0.39 is 72.7 Å². The SMILES string of the molecule is COc1ccc(C[C@H](NC(=O)[C@@]2(O)C[C@@H](O)[C@H](O)[C@@H](NC(=O)Nc3ccc(OC(F)(F)F)cc3)C2)C(N)=O)cc1. The van der Waals surface area contributed by atoms with E-state index in [-0.39, 0.29) is 12.1 Å². The van der Waals surface area contributed by atoms with E-state index >= 15 is 0 Å². The van der Waals surface area contributed by atoms with Crippen LogP contribution in [0.4, 0.5) is 23.7 Å². The van der Waals surface area contributed by atoms with Gasteiger partial charge in [-0.3, -0.25) is 9.59 Å². The van der Waals surface area contributed by atoms with E-state index in [1.165, 1.54) is 7.11 Å². The molecule has 15 heteroatoms. The van der Waals surface area contributed by atoms with E-state index in [0.29, 0.717) is 11.3 Å². The van der Waals surface area contributed by atoms with Gasteiger partial charge in [0, 0.05) is 24.9 Å². The number of benzene rings is 2. The first-order valence-corrected chi connectivity index (χ1v) is 11.9. The van der Waals surface area contributed by atoms with Crippen LogP contribution in [0.3, 0.4) is 0 Å². The van der Waals surface area contributed by atoms with Crippen molar-refractivity contribution in [3.8, 4) is 11.5 Å². The van der Waals surface area contributed by atoms with Crippen LogP contribution in [0.2, 0.25) is 0 Å². The zero-order valence-electron chi connectivity index (χ0n) is 21.1. The molecule has 12 nitrogen and oxygen atoms in total. The number of carbonyl (C=O) groups is 3. The van der Waals surface area contributed by atoms with Crippen LogP contribution in [0.15, 0.2) is 48.5 Å². The number of anilines is 1.